The van der Waals surface area contributed by atoms with Gasteiger partial charge in [-0.05, 0) is 0 Å². The van der Waals surface area contributed by atoms with E-state index in [1.165, 1.54) is 0 Å². The second kappa shape index (κ2) is 14.0. The van der Waals surface area contributed by atoms with Gasteiger partial charge < -0.3 is 14.7 Å². The van der Waals surface area contributed by atoms with Gasteiger partial charge in [-0.15, -0.1) is 0 Å². The number of hydrogen-bond donors (Lipinski definition) is 2. The first-order chi connectivity index (χ1) is 22.7. The lowest BCUT2D eigenvalue weighted by molar-refractivity contribution is -0.883. The number of aliphatic carboxylic acids is 2. The molecule has 0 aromatic heterocycles. The zero-order valence-corrected chi connectivity index (χ0v) is 26.1. The average molecular weight is 865 g/mol. The Bertz CT molecular complexity index is 1460. The maximum Gasteiger partial charge on any atom is 0.460 e. The van der Waals surface area contributed by atoms with Crippen LogP contribution in [0.5, 0.6) is 0 Å². The Kier molecular flexibility index (Phi) is 13.3. The van der Waals surface area contributed by atoms with Gasteiger partial charge in [0.2, 0.25) is 0 Å². The second-order valence-corrected chi connectivity index (χ2v) is 13.3. The second-order valence-electron chi connectivity index (χ2n) is 11.3. The van der Waals surface area contributed by atoms with Gasteiger partial charge in [-0.1, -0.05) is 0 Å². The van der Waals surface area contributed by atoms with E-state index >= 15 is 0 Å². The van der Waals surface area contributed by atoms with Crippen LogP contribution in [0.4, 0.5) is 101 Å². The van der Waals surface area contributed by atoms with Crippen LogP contribution >= 0.6 is 0 Å². The minimum absolute atomic E-state index is 0.740. The van der Waals surface area contributed by atoms with Gasteiger partial charge in [0.25, 0.3) is 10.0 Å². The van der Waals surface area contributed by atoms with E-state index in [4.69, 9.17) is 10.2 Å². The molecule has 0 aliphatic carbocycles. The summed E-state index contributed by atoms with van der Waals surface area (Å²) in [7, 11) is -5.97. The van der Waals surface area contributed by atoms with Crippen LogP contribution in [0.15, 0.2) is 0 Å². The highest BCUT2D eigenvalue weighted by atomic mass is 32.2. The van der Waals surface area contributed by atoms with Crippen molar-refractivity contribution in [2.45, 2.75) is 77.6 Å². The molecule has 8 nitrogen and oxygen atoms in total. The minimum Gasteiger partial charge on any atom is -0.481 e. The molecule has 0 amide bonds. The predicted octanol–water partition coefficient (Wildman–Crippen LogP) is 6.52. The lowest BCUT2D eigenvalue weighted by Gasteiger charge is -2.45. The normalized spacial score (nSPS) is 16.0. The summed E-state index contributed by atoms with van der Waals surface area (Å²) in [5.74, 6) is -87.8. The summed E-state index contributed by atoms with van der Waals surface area (Å²) < 4.78 is 338. The Balaban J connectivity index is 7.36. The molecule has 0 aromatic carbocycles. The van der Waals surface area contributed by atoms with Crippen molar-refractivity contribution in [2.24, 2.45) is 0 Å². The first-order valence-corrected chi connectivity index (χ1v) is 14.2. The van der Waals surface area contributed by atoms with Crippen molar-refractivity contribution in [3.8, 4) is 0 Å². The van der Waals surface area contributed by atoms with Crippen LogP contribution < -0.4 is 0 Å². The number of carboxylic acids is 2. The van der Waals surface area contributed by atoms with Crippen molar-refractivity contribution in [1.82, 2.24) is 4.31 Å². The Labute approximate surface area is 278 Å². The van der Waals surface area contributed by atoms with Crippen molar-refractivity contribution in [2.75, 3.05) is 40.3 Å². The maximum atomic E-state index is 14.7. The summed E-state index contributed by atoms with van der Waals surface area (Å²) in [5, 5.41) is 9.29. The molecule has 2 N–H and O–H groups in total. The summed E-state index contributed by atoms with van der Waals surface area (Å²) in [6.45, 7) is -5.49. The number of alkyl halides is 23. The van der Waals surface area contributed by atoms with Gasteiger partial charge in [0.15, 0.2) is 6.54 Å². The van der Waals surface area contributed by atoms with Gasteiger partial charge >= 0.3 is 76.7 Å². The maximum absolute atomic E-state index is 14.7. The molecule has 0 unspecified atom stereocenters. The molecule has 0 aromatic rings. The lowest BCUT2D eigenvalue weighted by Crippen LogP contribution is -2.78. The van der Waals surface area contributed by atoms with E-state index in [0.717, 1.165) is 14.1 Å². The van der Waals surface area contributed by atoms with Crippen molar-refractivity contribution < 1.29 is 134 Å². The Morgan fingerprint density at radius 3 is 1.09 bits per heavy atom. The number of rotatable bonds is 20. The van der Waals surface area contributed by atoms with E-state index in [-0.39, 0.29) is 0 Å². The van der Waals surface area contributed by atoms with Gasteiger partial charge in [-0.25, -0.2) is 13.2 Å². The molecule has 0 aliphatic rings. The number of sulfonamides is 1. The molecule has 0 atom stereocenters. The summed E-state index contributed by atoms with van der Waals surface area (Å²) in [5.41, 5.74) is 0. The molecule has 0 heterocycles. The molecule has 53 heavy (non-hydrogen) atoms. The standard InChI is InChI=1S/C21H19F23N2O6S/c1-46(2,8-10(49)50)7-3-5-45(6-4-9(47)48)53(51,52)21(43,44)19(38,39)17(34,35)15(30,31)13(26,27)11(22,23)12(24,25)14(28,29)16(32,33)18(36,37)20(40,41)42/h3-8H2,1-2H3,(H-,47,48,49,50)/p+1. The molecule has 0 saturated carbocycles. The molecule has 0 rings (SSSR count). The van der Waals surface area contributed by atoms with Crippen LogP contribution in [0, 0.1) is 0 Å². The van der Waals surface area contributed by atoms with Gasteiger partial charge in [-0.3, -0.25) is 4.79 Å². The quantitative estimate of drug-likeness (QED) is 0.107. The molecule has 0 aliphatic heterocycles. The molecule has 0 fully saturated rings. The highest BCUT2D eigenvalue weighted by Gasteiger charge is 2.99. The summed E-state index contributed by atoms with van der Waals surface area (Å²) in [4.78, 5) is 21.6. The summed E-state index contributed by atoms with van der Waals surface area (Å²) in [6.07, 6.45) is -11.1. The van der Waals surface area contributed by atoms with E-state index in [1.807, 2.05) is 0 Å². The molecule has 0 saturated heterocycles. The van der Waals surface area contributed by atoms with E-state index in [0.29, 0.717) is 0 Å². The Morgan fingerprint density at radius 2 is 0.811 bits per heavy atom. The first kappa shape index (κ1) is 50.2. The molecule has 32 heteroatoms. The fourth-order valence-electron chi connectivity index (χ4n) is 3.76. The van der Waals surface area contributed by atoms with E-state index in [9.17, 15) is 119 Å². The average Bonchev–Trinajstić information content (AvgIpc) is 2.91. The smallest absolute Gasteiger partial charge is 0.460 e. The Hall–Kier alpha value is -2.80. The fourth-order valence-corrected chi connectivity index (χ4v) is 5.24. The molecular formula is C21H20F23N2O6S+. The van der Waals surface area contributed by atoms with Crippen LogP contribution in [0.1, 0.15) is 12.8 Å². The molecule has 0 radical (unpaired) electrons. The summed E-state index contributed by atoms with van der Waals surface area (Å²) >= 11 is 0. The predicted molar refractivity (Wildman–Crippen MR) is 122 cm³/mol. The number of carboxylic acid groups (broad SMARTS) is 2. The molecule has 0 spiro atoms. The van der Waals surface area contributed by atoms with Gasteiger partial charge in [0.05, 0.1) is 27.1 Å². The van der Waals surface area contributed by atoms with E-state index in [1.54, 1.807) is 0 Å². The Morgan fingerprint density at radius 1 is 0.509 bits per heavy atom. The van der Waals surface area contributed by atoms with E-state index in [2.05, 4.69) is 0 Å². The van der Waals surface area contributed by atoms with Crippen LogP contribution in [0.3, 0.4) is 0 Å². The summed E-state index contributed by atoms with van der Waals surface area (Å²) in [6, 6.07) is 0. The van der Waals surface area contributed by atoms with Gasteiger partial charge in [0, 0.05) is 19.5 Å². The van der Waals surface area contributed by atoms with Crippen molar-refractivity contribution in [1.29, 1.82) is 0 Å². The first-order valence-electron chi connectivity index (χ1n) is 12.8. The van der Waals surface area contributed by atoms with Gasteiger partial charge in [0.1, 0.15) is 0 Å². The molecule has 316 valence electrons. The SMILES string of the molecule is C[N+](C)(CCCN(CCC(=O)O)S(=O)(=O)C(F)(F)C(F)(F)C(F)(F)C(F)(F)C(F)(F)C(F)(F)C(F)(F)C(F)(F)C(F)(F)C(F)(F)C(F)(F)F)CC(=O)O. The monoisotopic (exact) mass is 865 g/mol. The number of quaternary nitrogens is 1. The third-order valence-corrected chi connectivity index (χ3v) is 8.80. The van der Waals surface area contributed by atoms with Crippen molar-refractivity contribution in [3.05, 3.63) is 0 Å². The fraction of sp³-hybridized carbons (Fsp3) is 0.905. The number of likely N-dealkylation sites (N-methyl/N-ethyl adjacent to an activating group) is 1. The third-order valence-electron chi connectivity index (χ3n) is 6.85. The van der Waals surface area contributed by atoms with Crippen LogP contribution in [0.25, 0.3) is 0 Å². The third kappa shape index (κ3) is 7.71. The van der Waals surface area contributed by atoms with E-state index < -0.39 is 135 Å². The topological polar surface area (TPSA) is 112 Å². The van der Waals surface area contributed by atoms with Crippen LogP contribution in [-0.2, 0) is 19.6 Å². The minimum atomic E-state index is -9.67. The number of halogens is 23. The zero-order valence-electron chi connectivity index (χ0n) is 25.3. The van der Waals surface area contributed by atoms with Gasteiger partial charge in [-0.2, -0.15) is 105 Å². The van der Waals surface area contributed by atoms with Crippen molar-refractivity contribution >= 4 is 22.0 Å². The number of nitrogens with zero attached hydrogens (tertiary/aromatic N) is 2. The zero-order chi connectivity index (χ0) is 43.5. The largest absolute Gasteiger partial charge is 0.481 e. The van der Waals surface area contributed by atoms with Crippen molar-refractivity contribution in [3.63, 3.8) is 0 Å². The number of carbonyl (C=O) groups is 2. The van der Waals surface area contributed by atoms with Crippen LogP contribution in [0.2, 0.25) is 0 Å². The highest BCUT2D eigenvalue weighted by molar-refractivity contribution is 7.90. The highest BCUT2D eigenvalue weighted by Crippen LogP contribution is 2.67. The lowest BCUT2D eigenvalue weighted by atomic mass is 9.86. The number of hydrogen-bond acceptors (Lipinski definition) is 4. The van der Waals surface area contributed by atoms with Crippen LogP contribution in [-0.4, -0.2) is 144 Å². The molecular weight excluding hydrogens is 845 g/mol. The molecule has 0 bridgehead atoms.